The van der Waals surface area contributed by atoms with Gasteiger partial charge in [0, 0.05) is 19.4 Å². The average Bonchev–Trinajstić information content (AvgIpc) is 2.89. The number of carbonyl (C=O) groups is 2. The molecule has 2 fully saturated rings. The minimum atomic E-state index is -0.614. The maximum Gasteiger partial charge on any atom is 0.328 e. The lowest BCUT2D eigenvalue weighted by Gasteiger charge is -2.24. The average molecular weight is 297 g/mol. The number of esters is 1. The third-order valence-electron chi connectivity index (χ3n) is 4.80. The van der Waals surface area contributed by atoms with Crippen molar-refractivity contribution in [2.24, 2.45) is 5.92 Å². The summed E-state index contributed by atoms with van der Waals surface area (Å²) in [5, 5.41) is 9.69. The normalized spacial score (nSPS) is 26.9. The second-order valence-corrected chi connectivity index (χ2v) is 6.37. The van der Waals surface area contributed by atoms with E-state index in [1.54, 1.807) is 0 Å². The zero-order valence-electron chi connectivity index (χ0n) is 12.9. The summed E-state index contributed by atoms with van der Waals surface area (Å²) < 4.78 is 4.72. The number of ether oxygens (including phenoxy) is 1. The first-order valence-electron chi connectivity index (χ1n) is 8.17. The van der Waals surface area contributed by atoms with Crippen molar-refractivity contribution in [1.82, 2.24) is 4.90 Å². The number of aliphatic hydroxyl groups excluding tert-OH is 1. The van der Waals surface area contributed by atoms with E-state index in [2.05, 4.69) is 0 Å². The van der Waals surface area contributed by atoms with Crippen molar-refractivity contribution < 1.29 is 19.4 Å². The number of likely N-dealkylation sites (tertiary alicyclic amines) is 1. The standard InChI is InChI=1S/C16H27NO4/c1-21-16(20)14-10-13(18)11-17(14)15(19)9-5-8-12-6-3-2-4-7-12/h12-14,18H,2-11H2,1H3. The molecule has 21 heavy (non-hydrogen) atoms. The maximum absolute atomic E-state index is 12.3. The SMILES string of the molecule is COC(=O)C1CC(O)CN1C(=O)CCCC1CCCCC1. The smallest absolute Gasteiger partial charge is 0.328 e. The second-order valence-electron chi connectivity index (χ2n) is 6.37. The molecule has 120 valence electrons. The summed E-state index contributed by atoms with van der Waals surface area (Å²) in [6.07, 6.45) is 8.71. The van der Waals surface area contributed by atoms with Crippen LogP contribution in [-0.4, -0.2) is 47.7 Å². The lowest BCUT2D eigenvalue weighted by Crippen LogP contribution is -2.41. The molecule has 0 spiro atoms. The predicted molar refractivity (Wildman–Crippen MR) is 78.6 cm³/mol. The Bertz CT molecular complexity index is 365. The summed E-state index contributed by atoms with van der Waals surface area (Å²) in [5.74, 6) is 0.317. The molecule has 0 radical (unpaired) electrons. The van der Waals surface area contributed by atoms with Gasteiger partial charge in [-0.15, -0.1) is 0 Å². The van der Waals surface area contributed by atoms with Crippen LogP contribution in [0.1, 0.15) is 57.8 Å². The Balaban J connectivity index is 1.77. The van der Waals surface area contributed by atoms with E-state index in [4.69, 9.17) is 4.74 Å². The van der Waals surface area contributed by atoms with Crippen LogP contribution in [0, 0.1) is 5.92 Å². The molecule has 5 heteroatoms. The molecule has 1 N–H and O–H groups in total. The molecule has 1 saturated carbocycles. The van der Waals surface area contributed by atoms with Gasteiger partial charge >= 0.3 is 5.97 Å². The van der Waals surface area contributed by atoms with Gasteiger partial charge in [0.15, 0.2) is 0 Å². The highest BCUT2D eigenvalue weighted by atomic mass is 16.5. The molecule has 0 aromatic heterocycles. The summed E-state index contributed by atoms with van der Waals surface area (Å²) in [6, 6.07) is -0.604. The highest BCUT2D eigenvalue weighted by Crippen LogP contribution is 2.28. The number of amides is 1. The molecule has 2 rings (SSSR count). The third kappa shape index (κ3) is 4.43. The van der Waals surface area contributed by atoms with Gasteiger partial charge in [-0.2, -0.15) is 0 Å². The number of aliphatic hydroxyl groups is 1. The molecular weight excluding hydrogens is 270 g/mol. The fraction of sp³-hybridized carbons (Fsp3) is 0.875. The molecule has 0 aromatic rings. The van der Waals surface area contributed by atoms with Crippen molar-refractivity contribution in [3.63, 3.8) is 0 Å². The van der Waals surface area contributed by atoms with Gasteiger partial charge in [0.25, 0.3) is 0 Å². The van der Waals surface area contributed by atoms with Crippen molar-refractivity contribution in [2.45, 2.75) is 69.9 Å². The number of hydrogen-bond donors (Lipinski definition) is 1. The minimum absolute atomic E-state index is 0.0299. The van der Waals surface area contributed by atoms with Crippen LogP contribution in [0.15, 0.2) is 0 Å². The molecule has 2 aliphatic rings. The highest BCUT2D eigenvalue weighted by Gasteiger charge is 2.39. The van der Waals surface area contributed by atoms with E-state index in [0.29, 0.717) is 12.8 Å². The van der Waals surface area contributed by atoms with Crippen LogP contribution in [0.3, 0.4) is 0 Å². The molecule has 5 nitrogen and oxygen atoms in total. The predicted octanol–water partition coefficient (Wildman–Crippen LogP) is 1.87. The largest absolute Gasteiger partial charge is 0.467 e. The van der Waals surface area contributed by atoms with Gasteiger partial charge in [0.05, 0.1) is 13.2 Å². The number of hydrogen-bond acceptors (Lipinski definition) is 4. The molecule has 1 saturated heterocycles. The Morgan fingerprint density at radius 2 is 1.95 bits per heavy atom. The Hall–Kier alpha value is -1.10. The van der Waals surface area contributed by atoms with E-state index in [9.17, 15) is 14.7 Å². The van der Waals surface area contributed by atoms with Crippen molar-refractivity contribution in [2.75, 3.05) is 13.7 Å². The monoisotopic (exact) mass is 297 g/mol. The van der Waals surface area contributed by atoms with Gasteiger partial charge in [0.1, 0.15) is 6.04 Å². The number of β-amino-alcohol motifs (C(OH)–C–C–N with tert-alkyl or cyclic N) is 1. The van der Waals surface area contributed by atoms with Gasteiger partial charge in [0.2, 0.25) is 5.91 Å². The molecular formula is C16H27NO4. The van der Waals surface area contributed by atoms with Crippen LogP contribution in [0.25, 0.3) is 0 Å². The first-order valence-corrected chi connectivity index (χ1v) is 8.17. The topological polar surface area (TPSA) is 66.8 Å². The number of carbonyl (C=O) groups excluding carboxylic acids is 2. The maximum atomic E-state index is 12.3. The lowest BCUT2D eigenvalue weighted by atomic mass is 9.86. The van der Waals surface area contributed by atoms with Crippen LogP contribution in [0.4, 0.5) is 0 Å². The summed E-state index contributed by atoms with van der Waals surface area (Å²) in [5.41, 5.74) is 0. The van der Waals surface area contributed by atoms with E-state index in [-0.39, 0.29) is 12.5 Å². The fourth-order valence-electron chi connectivity index (χ4n) is 3.61. The molecule has 1 aliphatic heterocycles. The first-order chi connectivity index (χ1) is 10.1. The fourth-order valence-corrected chi connectivity index (χ4v) is 3.61. The molecule has 2 atom stereocenters. The molecule has 0 aromatic carbocycles. The van der Waals surface area contributed by atoms with Crippen molar-refractivity contribution in [1.29, 1.82) is 0 Å². The molecule has 2 unspecified atom stereocenters. The zero-order chi connectivity index (χ0) is 15.2. The van der Waals surface area contributed by atoms with E-state index < -0.39 is 18.1 Å². The van der Waals surface area contributed by atoms with Gasteiger partial charge in [-0.25, -0.2) is 4.79 Å². The van der Waals surface area contributed by atoms with Crippen LogP contribution < -0.4 is 0 Å². The minimum Gasteiger partial charge on any atom is -0.467 e. The van der Waals surface area contributed by atoms with Crippen LogP contribution in [-0.2, 0) is 14.3 Å². The van der Waals surface area contributed by atoms with E-state index >= 15 is 0 Å². The van der Waals surface area contributed by atoms with Crippen molar-refractivity contribution in [3.8, 4) is 0 Å². The van der Waals surface area contributed by atoms with Gasteiger partial charge in [-0.05, 0) is 18.8 Å². The number of nitrogens with zero attached hydrogens (tertiary/aromatic N) is 1. The molecule has 1 amide bonds. The van der Waals surface area contributed by atoms with Crippen LogP contribution in [0.2, 0.25) is 0 Å². The Morgan fingerprint density at radius 1 is 1.24 bits per heavy atom. The molecule has 1 aliphatic carbocycles. The first kappa shape index (κ1) is 16.3. The Morgan fingerprint density at radius 3 is 2.62 bits per heavy atom. The Kier molecular flexibility index (Phi) is 6.03. The van der Waals surface area contributed by atoms with Gasteiger partial charge in [-0.1, -0.05) is 32.1 Å². The van der Waals surface area contributed by atoms with Gasteiger partial charge in [-0.3, -0.25) is 4.79 Å². The van der Waals surface area contributed by atoms with Crippen LogP contribution in [0.5, 0.6) is 0 Å². The third-order valence-corrected chi connectivity index (χ3v) is 4.80. The van der Waals surface area contributed by atoms with Gasteiger partial charge < -0.3 is 14.7 Å². The Labute approximate surface area is 126 Å². The van der Waals surface area contributed by atoms with E-state index in [0.717, 1.165) is 18.8 Å². The summed E-state index contributed by atoms with van der Waals surface area (Å²) in [6.45, 7) is 0.252. The lowest BCUT2D eigenvalue weighted by molar-refractivity contribution is -0.151. The van der Waals surface area contributed by atoms with Crippen molar-refractivity contribution in [3.05, 3.63) is 0 Å². The van der Waals surface area contributed by atoms with E-state index in [1.807, 2.05) is 0 Å². The zero-order valence-corrected chi connectivity index (χ0v) is 12.9. The number of rotatable bonds is 5. The van der Waals surface area contributed by atoms with E-state index in [1.165, 1.54) is 44.1 Å². The summed E-state index contributed by atoms with van der Waals surface area (Å²) in [7, 11) is 1.32. The summed E-state index contributed by atoms with van der Waals surface area (Å²) >= 11 is 0. The number of methoxy groups -OCH3 is 1. The summed E-state index contributed by atoms with van der Waals surface area (Å²) in [4.78, 5) is 25.4. The quantitative estimate of drug-likeness (QED) is 0.787. The van der Waals surface area contributed by atoms with Crippen molar-refractivity contribution >= 4 is 11.9 Å². The second kappa shape index (κ2) is 7.78. The highest BCUT2D eigenvalue weighted by molar-refractivity contribution is 5.85. The van der Waals surface area contributed by atoms with Crippen LogP contribution >= 0.6 is 0 Å². The molecule has 1 heterocycles. The molecule has 0 bridgehead atoms.